The molecule has 0 N–H and O–H groups in total. The van der Waals surface area contributed by atoms with Crippen LogP contribution in [0.25, 0.3) is 0 Å². The number of rotatable bonds is 8. The lowest BCUT2D eigenvalue weighted by Gasteiger charge is -2.42. The van der Waals surface area contributed by atoms with Crippen LogP contribution in [0.4, 0.5) is 0 Å². The minimum Gasteiger partial charge on any atom is -0.493 e. The topological polar surface area (TPSA) is 9.23 Å². The van der Waals surface area contributed by atoms with E-state index >= 15 is 0 Å². The summed E-state index contributed by atoms with van der Waals surface area (Å²) in [4.78, 5) is 0. The summed E-state index contributed by atoms with van der Waals surface area (Å²) in [5, 5.41) is 0. The van der Waals surface area contributed by atoms with Crippen LogP contribution in [-0.4, -0.2) is 6.61 Å². The third-order valence-corrected chi connectivity index (χ3v) is 4.25. The van der Waals surface area contributed by atoms with E-state index < -0.39 is 0 Å². The van der Waals surface area contributed by atoms with Gasteiger partial charge in [-0.25, -0.2) is 0 Å². The first kappa shape index (κ1) is 18.1. The average molecular weight is 289 g/mol. The molecule has 21 heavy (non-hydrogen) atoms. The largest absolute Gasteiger partial charge is 0.493 e. The highest BCUT2D eigenvalue weighted by atomic mass is 16.5. The molecule has 1 nitrogen and oxygen atoms in total. The fraction of sp³-hybridized carbons (Fsp3) is 0.650. The van der Waals surface area contributed by atoms with Crippen molar-refractivity contribution in [2.75, 3.05) is 6.61 Å². The summed E-state index contributed by atoms with van der Waals surface area (Å²) < 4.78 is 6.05. The molecule has 0 saturated carbocycles. The standard InChI is InChI=1S/C20H33O/c1-7-8-12-15-20(5,6)18(19(2,3)4)16-21-17-13-10-9-11-14-17/h9-11,13-14H,7-8,12,15-16H2,1-6H3. The van der Waals surface area contributed by atoms with Crippen LogP contribution in [0.15, 0.2) is 30.3 Å². The van der Waals surface area contributed by atoms with Gasteiger partial charge in [0.05, 0.1) is 6.61 Å². The van der Waals surface area contributed by atoms with Crippen molar-refractivity contribution in [2.45, 2.75) is 67.2 Å². The van der Waals surface area contributed by atoms with Gasteiger partial charge < -0.3 is 4.74 Å². The van der Waals surface area contributed by atoms with E-state index in [1.165, 1.54) is 31.6 Å². The Morgan fingerprint density at radius 3 is 2.10 bits per heavy atom. The van der Waals surface area contributed by atoms with Gasteiger partial charge in [-0.15, -0.1) is 0 Å². The molecule has 0 aromatic heterocycles. The van der Waals surface area contributed by atoms with Crippen molar-refractivity contribution in [1.29, 1.82) is 0 Å². The number of para-hydroxylation sites is 1. The highest BCUT2D eigenvalue weighted by molar-refractivity contribution is 5.22. The first-order valence-corrected chi connectivity index (χ1v) is 8.32. The zero-order valence-corrected chi connectivity index (χ0v) is 14.8. The Bertz CT molecular complexity index is 386. The van der Waals surface area contributed by atoms with Gasteiger partial charge in [-0.1, -0.05) is 79.0 Å². The predicted octanol–water partition coefficient (Wildman–Crippen LogP) is 6.29. The summed E-state index contributed by atoms with van der Waals surface area (Å²) in [7, 11) is 0. The van der Waals surface area contributed by atoms with Gasteiger partial charge in [0, 0.05) is 5.92 Å². The smallest absolute Gasteiger partial charge is 0.119 e. The van der Waals surface area contributed by atoms with Crippen molar-refractivity contribution in [3.63, 3.8) is 0 Å². The van der Waals surface area contributed by atoms with Gasteiger partial charge in [-0.3, -0.25) is 0 Å². The first-order chi connectivity index (χ1) is 9.77. The van der Waals surface area contributed by atoms with Crippen molar-refractivity contribution in [3.05, 3.63) is 36.2 Å². The summed E-state index contributed by atoms with van der Waals surface area (Å²) >= 11 is 0. The highest BCUT2D eigenvalue weighted by Crippen LogP contribution is 2.45. The SMILES string of the molecule is CCCCCC(C)(C)[C](COc1ccccc1)C(C)(C)C. The number of ether oxygens (including phenoxy) is 1. The Morgan fingerprint density at radius 1 is 0.952 bits per heavy atom. The second-order valence-electron chi connectivity index (χ2n) is 7.67. The minimum absolute atomic E-state index is 0.171. The zero-order valence-electron chi connectivity index (χ0n) is 14.8. The molecule has 1 aromatic carbocycles. The van der Waals surface area contributed by atoms with Crippen LogP contribution in [0.5, 0.6) is 5.75 Å². The van der Waals surface area contributed by atoms with E-state index in [4.69, 9.17) is 4.74 Å². The zero-order chi connectivity index (χ0) is 15.9. The Morgan fingerprint density at radius 2 is 1.57 bits per heavy atom. The summed E-state index contributed by atoms with van der Waals surface area (Å²) in [6, 6.07) is 10.1. The maximum atomic E-state index is 6.05. The summed E-state index contributed by atoms with van der Waals surface area (Å²) in [6.07, 6.45) is 5.14. The van der Waals surface area contributed by atoms with Gasteiger partial charge in [0.1, 0.15) is 5.75 Å². The van der Waals surface area contributed by atoms with E-state index in [1.54, 1.807) is 0 Å². The molecule has 0 aliphatic rings. The third kappa shape index (κ3) is 6.11. The van der Waals surface area contributed by atoms with Crippen LogP contribution in [0, 0.1) is 16.7 Å². The molecule has 0 aliphatic carbocycles. The predicted molar refractivity (Wildman–Crippen MR) is 92.6 cm³/mol. The summed E-state index contributed by atoms with van der Waals surface area (Å²) in [5.74, 6) is 2.47. The molecule has 1 radical (unpaired) electrons. The molecule has 0 aliphatic heterocycles. The van der Waals surface area contributed by atoms with Crippen LogP contribution in [-0.2, 0) is 0 Å². The lowest BCUT2D eigenvalue weighted by Crippen LogP contribution is -2.37. The molecule has 0 saturated heterocycles. The van der Waals surface area contributed by atoms with Gasteiger partial charge in [-0.05, 0) is 29.4 Å². The molecule has 1 rings (SSSR count). The van der Waals surface area contributed by atoms with Crippen molar-refractivity contribution >= 4 is 0 Å². The van der Waals surface area contributed by atoms with E-state index in [2.05, 4.69) is 41.5 Å². The quantitative estimate of drug-likeness (QED) is 0.511. The second-order valence-corrected chi connectivity index (χ2v) is 7.67. The van der Waals surface area contributed by atoms with Crippen LogP contribution in [0.1, 0.15) is 67.2 Å². The van der Waals surface area contributed by atoms with E-state index in [0.29, 0.717) is 6.61 Å². The van der Waals surface area contributed by atoms with Crippen LogP contribution < -0.4 is 4.74 Å². The third-order valence-electron chi connectivity index (χ3n) is 4.25. The normalized spacial score (nSPS) is 12.7. The molecule has 0 spiro atoms. The van der Waals surface area contributed by atoms with Gasteiger partial charge >= 0.3 is 0 Å². The number of benzene rings is 1. The lowest BCUT2D eigenvalue weighted by molar-refractivity contribution is 0.171. The molecular weight excluding hydrogens is 256 g/mol. The molecule has 0 unspecified atom stereocenters. The fourth-order valence-corrected chi connectivity index (χ4v) is 3.07. The van der Waals surface area contributed by atoms with E-state index in [9.17, 15) is 0 Å². The monoisotopic (exact) mass is 289 g/mol. The van der Waals surface area contributed by atoms with Crippen molar-refractivity contribution in [3.8, 4) is 5.75 Å². The molecule has 119 valence electrons. The lowest BCUT2D eigenvalue weighted by atomic mass is 9.64. The molecule has 0 bridgehead atoms. The highest BCUT2D eigenvalue weighted by Gasteiger charge is 2.38. The molecule has 0 heterocycles. The fourth-order valence-electron chi connectivity index (χ4n) is 3.07. The van der Waals surface area contributed by atoms with Gasteiger partial charge in [-0.2, -0.15) is 0 Å². The molecule has 1 heteroatoms. The van der Waals surface area contributed by atoms with Gasteiger partial charge in [0.25, 0.3) is 0 Å². The van der Waals surface area contributed by atoms with Crippen molar-refractivity contribution in [2.24, 2.45) is 10.8 Å². The van der Waals surface area contributed by atoms with E-state index in [-0.39, 0.29) is 10.8 Å². The Kier molecular flexibility index (Phi) is 6.77. The summed E-state index contributed by atoms with van der Waals surface area (Å²) in [5.41, 5.74) is 0.396. The molecule has 0 fully saturated rings. The maximum absolute atomic E-state index is 6.05. The summed E-state index contributed by atoms with van der Waals surface area (Å²) in [6.45, 7) is 14.6. The molecule has 0 amide bonds. The van der Waals surface area contributed by atoms with Crippen LogP contribution in [0.2, 0.25) is 0 Å². The number of unbranched alkanes of at least 4 members (excludes halogenated alkanes) is 2. The second kappa shape index (κ2) is 7.87. The number of hydrogen-bond acceptors (Lipinski definition) is 1. The average Bonchev–Trinajstić information content (AvgIpc) is 2.38. The minimum atomic E-state index is 0.171. The van der Waals surface area contributed by atoms with Gasteiger partial charge in [0.15, 0.2) is 0 Å². The van der Waals surface area contributed by atoms with Crippen molar-refractivity contribution < 1.29 is 4.74 Å². The Hall–Kier alpha value is -0.980. The maximum Gasteiger partial charge on any atom is 0.119 e. The first-order valence-electron chi connectivity index (χ1n) is 8.32. The van der Waals surface area contributed by atoms with Crippen LogP contribution in [0.3, 0.4) is 0 Å². The molecular formula is C20H33O. The van der Waals surface area contributed by atoms with E-state index in [1.807, 2.05) is 30.3 Å². The van der Waals surface area contributed by atoms with Gasteiger partial charge in [0.2, 0.25) is 0 Å². The molecule has 1 aromatic rings. The van der Waals surface area contributed by atoms with E-state index in [0.717, 1.165) is 5.75 Å². The van der Waals surface area contributed by atoms with Crippen LogP contribution >= 0.6 is 0 Å². The molecule has 0 atom stereocenters. The Balaban J connectivity index is 2.71. The van der Waals surface area contributed by atoms with Crippen molar-refractivity contribution in [1.82, 2.24) is 0 Å². The Labute approximate surface area is 132 Å². The number of hydrogen-bond donors (Lipinski definition) is 0.